The van der Waals surface area contributed by atoms with Crippen molar-refractivity contribution in [2.24, 2.45) is 5.92 Å². The predicted molar refractivity (Wildman–Crippen MR) is 61.7 cm³/mol. The minimum absolute atomic E-state index is 0.271. The van der Waals surface area contributed by atoms with Crippen LogP contribution in [-0.4, -0.2) is 27.7 Å². The van der Waals surface area contributed by atoms with E-state index in [1.807, 2.05) is 0 Å². The van der Waals surface area contributed by atoms with Crippen LogP contribution in [0, 0.1) is 5.92 Å². The Bertz CT molecular complexity index is 400. The number of fused-ring (bicyclic) bond motifs is 1. The quantitative estimate of drug-likeness (QED) is 0.763. The third kappa shape index (κ3) is 2.85. The van der Waals surface area contributed by atoms with Gasteiger partial charge in [-0.1, -0.05) is 6.92 Å². The number of hydrogen-bond acceptors (Lipinski definition) is 3. The molecule has 1 aliphatic rings. The first-order valence-electron chi connectivity index (χ1n) is 6.08. The Hall–Kier alpha value is -1.36. The number of aromatic nitrogens is 2. The van der Waals surface area contributed by atoms with Gasteiger partial charge in [0.1, 0.15) is 12.4 Å². The molecule has 5 heteroatoms. The molecular weight excluding hydrogens is 220 g/mol. The van der Waals surface area contributed by atoms with Crippen molar-refractivity contribution in [2.45, 2.75) is 39.2 Å². The molecule has 0 aliphatic heterocycles. The molecule has 0 saturated carbocycles. The highest BCUT2D eigenvalue weighted by molar-refractivity contribution is 5.70. The van der Waals surface area contributed by atoms with Gasteiger partial charge in [0.25, 0.3) is 0 Å². The van der Waals surface area contributed by atoms with Crippen molar-refractivity contribution in [1.29, 1.82) is 0 Å². The first-order chi connectivity index (χ1) is 8.20. The van der Waals surface area contributed by atoms with Crippen LogP contribution < -0.4 is 0 Å². The standard InChI is InChI=1S/C12H18N2O3/c1-2-5-17-7-11-13-9-4-3-8(12(15)16)6-10(9)14-11/h8H,2-7H2,1H3,(H,13,14)(H,15,16). The van der Waals surface area contributed by atoms with Gasteiger partial charge in [-0.25, -0.2) is 4.98 Å². The molecule has 0 fully saturated rings. The lowest BCUT2D eigenvalue weighted by Crippen LogP contribution is -2.22. The Morgan fingerprint density at radius 2 is 2.47 bits per heavy atom. The second-order valence-electron chi connectivity index (χ2n) is 4.44. The highest BCUT2D eigenvalue weighted by atomic mass is 16.5. The normalized spacial score (nSPS) is 19.0. The molecule has 0 spiro atoms. The topological polar surface area (TPSA) is 75.2 Å². The van der Waals surface area contributed by atoms with Gasteiger partial charge in [0.15, 0.2) is 0 Å². The number of nitrogens with one attached hydrogen (secondary N) is 1. The van der Waals surface area contributed by atoms with Crippen LogP contribution in [0.5, 0.6) is 0 Å². The molecule has 1 unspecified atom stereocenters. The number of nitrogens with zero attached hydrogens (tertiary/aromatic N) is 1. The zero-order valence-corrected chi connectivity index (χ0v) is 10.0. The van der Waals surface area contributed by atoms with E-state index in [0.717, 1.165) is 36.7 Å². The smallest absolute Gasteiger partial charge is 0.306 e. The summed E-state index contributed by atoms with van der Waals surface area (Å²) in [6.45, 7) is 3.27. The summed E-state index contributed by atoms with van der Waals surface area (Å²) in [5.74, 6) is -0.170. The lowest BCUT2D eigenvalue weighted by Gasteiger charge is -2.16. The van der Waals surface area contributed by atoms with Gasteiger partial charge in [0, 0.05) is 18.7 Å². The van der Waals surface area contributed by atoms with Gasteiger partial charge >= 0.3 is 5.97 Å². The van der Waals surface area contributed by atoms with Crippen molar-refractivity contribution >= 4 is 5.97 Å². The van der Waals surface area contributed by atoms with Crippen LogP contribution in [0.2, 0.25) is 0 Å². The van der Waals surface area contributed by atoms with Gasteiger partial charge in [-0.05, 0) is 19.3 Å². The first-order valence-corrected chi connectivity index (χ1v) is 6.08. The number of carbonyl (C=O) groups is 1. The second kappa shape index (κ2) is 5.31. The van der Waals surface area contributed by atoms with Crippen LogP contribution >= 0.6 is 0 Å². The zero-order valence-electron chi connectivity index (χ0n) is 10.0. The Morgan fingerprint density at radius 3 is 3.18 bits per heavy atom. The largest absolute Gasteiger partial charge is 0.481 e. The van der Waals surface area contributed by atoms with Gasteiger partial charge in [-0.15, -0.1) is 0 Å². The van der Waals surface area contributed by atoms with Crippen LogP contribution in [0.25, 0.3) is 0 Å². The number of aliphatic carboxylic acids is 1. The molecule has 2 rings (SSSR count). The molecule has 1 atom stereocenters. The van der Waals surface area contributed by atoms with E-state index in [4.69, 9.17) is 9.84 Å². The van der Waals surface area contributed by atoms with Gasteiger partial charge in [0.05, 0.1) is 11.6 Å². The first kappa shape index (κ1) is 12.1. The van der Waals surface area contributed by atoms with Crippen LogP contribution in [0.1, 0.15) is 37.0 Å². The molecule has 0 aromatic carbocycles. The van der Waals surface area contributed by atoms with E-state index >= 15 is 0 Å². The maximum Gasteiger partial charge on any atom is 0.306 e. The molecule has 1 aromatic heterocycles. The molecule has 0 radical (unpaired) electrons. The molecule has 2 N–H and O–H groups in total. The molecule has 1 aromatic rings. The van der Waals surface area contributed by atoms with Crippen LogP contribution in [0.3, 0.4) is 0 Å². The summed E-state index contributed by atoms with van der Waals surface area (Å²) < 4.78 is 5.41. The minimum Gasteiger partial charge on any atom is -0.481 e. The summed E-state index contributed by atoms with van der Waals surface area (Å²) in [4.78, 5) is 18.5. The predicted octanol–water partition coefficient (Wildman–Crippen LogP) is 1.53. The van der Waals surface area contributed by atoms with Gasteiger partial charge in [0.2, 0.25) is 0 Å². The Balaban J connectivity index is 1.99. The van der Waals surface area contributed by atoms with Gasteiger partial charge in [-0.3, -0.25) is 4.79 Å². The van der Waals surface area contributed by atoms with Crippen LogP contribution in [-0.2, 0) is 29.0 Å². The summed E-state index contributed by atoms with van der Waals surface area (Å²) in [5.41, 5.74) is 1.98. The molecule has 5 nitrogen and oxygen atoms in total. The van der Waals surface area contributed by atoms with Crippen LogP contribution in [0.15, 0.2) is 0 Å². The molecule has 0 bridgehead atoms. The summed E-state index contributed by atoms with van der Waals surface area (Å²) >= 11 is 0. The van der Waals surface area contributed by atoms with Gasteiger partial charge < -0.3 is 14.8 Å². The summed E-state index contributed by atoms with van der Waals surface area (Å²) in [7, 11) is 0. The molecule has 94 valence electrons. The second-order valence-corrected chi connectivity index (χ2v) is 4.44. The average Bonchev–Trinajstić information content (AvgIpc) is 2.70. The maximum absolute atomic E-state index is 10.9. The lowest BCUT2D eigenvalue weighted by atomic mass is 9.90. The number of H-pyrrole nitrogens is 1. The average molecular weight is 238 g/mol. The van der Waals surface area contributed by atoms with E-state index in [1.165, 1.54) is 0 Å². The van der Waals surface area contributed by atoms with E-state index in [9.17, 15) is 4.79 Å². The summed E-state index contributed by atoms with van der Waals surface area (Å²) in [6.07, 6.45) is 2.98. The number of aryl methyl sites for hydroxylation is 1. The number of carboxylic acids is 1. The Morgan fingerprint density at radius 1 is 1.65 bits per heavy atom. The van der Waals surface area contributed by atoms with Crippen molar-refractivity contribution in [3.8, 4) is 0 Å². The zero-order chi connectivity index (χ0) is 12.3. The fourth-order valence-corrected chi connectivity index (χ4v) is 2.13. The SMILES string of the molecule is CCCOCc1nc2c([nH]1)CC(C(=O)O)CC2. The van der Waals surface area contributed by atoms with E-state index in [1.54, 1.807) is 0 Å². The molecule has 1 heterocycles. The molecule has 1 aliphatic carbocycles. The monoisotopic (exact) mass is 238 g/mol. The number of aromatic amines is 1. The summed E-state index contributed by atoms with van der Waals surface area (Å²) in [6, 6.07) is 0. The number of hydrogen-bond donors (Lipinski definition) is 2. The van der Waals surface area contributed by atoms with Crippen molar-refractivity contribution in [3.63, 3.8) is 0 Å². The Labute approximate surface area is 100 Å². The molecule has 0 amide bonds. The highest BCUT2D eigenvalue weighted by Crippen LogP contribution is 2.24. The third-order valence-corrected chi connectivity index (χ3v) is 3.03. The fourth-order valence-electron chi connectivity index (χ4n) is 2.13. The van der Waals surface area contributed by atoms with E-state index in [0.29, 0.717) is 19.4 Å². The van der Waals surface area contributed by atoms with Crippen molar-refractivity contribution in [1.82, 2.24) is 9.97 Å². The van der Waals surface area contributed by atoms with E-state index in [2.05, 4.69) is 16.9 Å². The van der Waals surface area contributed by atoms with Gasteiger partial charge in [-0.2, -0.15) is 0 Å². The van der Waals surface area contributed by atoms with Crippen molar-refractivity contribution in [3.05, 3.63) is 17.2 Å². The Kier molecular flexibility index (Phi) is 3.78. The fraction of sp³-hybridized carbons (Fsp3) is 0.667. The number of carboxylic acid groups (broad SMARTS) is 1. The maximum atomic E-state index is 10.9. The van der Waals surface area contributed by atoms with E-state index in [-0.39, 0.29) is 5.92 Å². The summed E-state index contributed by atoms with van der Waals surface area (Å²) in [5, 5.41) is 8.98. The molecular formula is C12H18N2O3. The minimum atomic E-state index is -0.714. The van der Waals surface area contributed by atoms with E-state index < -0.39 is 5.97 Å². The van der Waals surface area contributed by atoms with Crippen molar-refractivity contribution in [2.75, 3.05) is 6.61 Å². The third-order valence-electron chi connectivity index (χ3n) is 3.03. The van der Waals surface area contributed by atoms with Crippen LogP contribution in [0.4, 0.5) is 0 Å². The van der Waals surface area contributed by atoms with Crippen molar-refractivity contribution < 1.29 is 14.6 Å². The number of imidazole rings is 1. The number of rotatable bonds is 5. The highest BCUT2D eigenvalue weighted by Gasteiger charge is 2.26. The molecule has 17 heavy (non-hydrogen) atoms. The lowest BCUT2D eigenvalue weighted by molar-refractivity contribution is -0.142. The molecule has 0 saturated heterocycles. The number of ether oxygens (including phenoxy) is 1.